The Balaban J connectivity index is 1.35. The van der Waals surface area contributed by atoms with E-state index in [1.54, 1.807) is 36.7 Å². The van der Waals surface area contributed by atoms with E-state index in [1.807, 2.05) is 42.5 Å². The highest BCUT2D eigenvalue weighted by Gasteiger charge is 2.25. The highest BCUT2D eigenvalue weighted by molar-refractivity contribution is 6.05. The SMILES string of the molecule is O=C(/C=C/c1ccc(OCc2cccnc2)cc1)Nc1ccccc1N1CCOC1=O. The van der Waals surface area contributed by atoms with Gasteiger partial charge < -0.3 is 14.8 Å². The van der Waals surface area contributed by atoms with Crippen molar-refractivity contribution in [2.45, 2.75) is 6.61 Å². The van der Waals surface area contributed by atoms with Gasteiger partial charge in [-0.2, -0.15) is 0 Å². The molecule has 156 valence electrons. The van der Waals surface area contributed by atoms with Crippen LogP contribution in [0.3, 0.4) is 0 Å². The number of rotatable bonds is 7. The fourth-order valence-corrected chi connectivity index (χ4v) is 3.10. The van der Waals surface area contributed by atoms with Gasteiger partial charge in [0.25, 0.3) is 0 Å². The molecule has 1 aliphatic heterocycles. The zero-order valence-corrected chi connectivity index (χ0v) is 16.7. The number of anilines is 2. The molecule has 1 aliphatic rings. The second-order valence-electron chi connectivity index (χ2n) is 6.82. The Morgan fingerprint density at radius 3 is 2.71 bits per heavy atom. The number of benzene rings is 2. The lowest BCUT2D eigenvalue weighted by molar-refractivity contribution is -0.111. The molecule has 7 nitrogen and oxygen atoms in total. The standard InChI is InChI=1S/C24H21N3O4/c28-23(26-21-5-1-2-6-22(21)27-14-15-30-24(27)29)12-9-18-7-10-20(11-8-18)31-17-19-4-3-13-25-16-19/h1-13,16H,14-15,17H2,(H,26,28)/b12-9+. The molecular weight excluding hydrogens is 394 g/mol. The van der Waals surface area contributed by atoms with Crippen molar-refractivity contribution in [2.75, 3.05) is 23.4 Å². The Labute approximate surface area is 179 Å². The quantitative estimate of drug-likeness (QED) is 0.583. The minimum absolute atomic E-state index is 0.295. The smallest absolute Gasteiger partial charge is 0.414 e. The molecule has 7 heteroatoms. The third-order valence-electron chi connectivity index (χ3n) is 4.65. The summed E-state index contributed by atoms with van der Waals surface area (Å²) < 4.78 is 10.7. The summed E-state index contributed by atoms with van der Waals surface area (Å²) in [7, 11) is 0. The van der Waals surface area contributed by atoms with Gasteiger partial charge in [0.1, 0.15) is 19.0 Å². The lowest BCUT2D eigenvalue weighted by Gasteiger charge is -2.17. The van der Waals surface area contributed by atoms with Crippen LogP contribution in [-0.2, 0) is 16.1 Å². The van der Waals surface area contributed by atoms with Crippen LogP contribution < -0.4 is 15.0 Å². The lowest BCUT2D eigenvalue weighted by Crippen LogP contribution is -2.25. The predicted molar refractivity (Wildman–Crippen MR) is 118 cm³/mol. The van der Waals surface area contributed by atoms with Crippen LogP contribution in [0.25, 0.3) is 6.08 Å². The monoisotopic (exact) mass is 415 g/mol. The maximum atomic E-state index is 12.4. The molecule has 0 aliphatic carbocycles. The van der Waals surface area contributed by atoms with Crippen molar-refractivity contribution in [3.8, 4) is 5.75 Å². The number of amides is 2. The van der Waals surface area contributed by atoms with Crippen LogP contribution in [0, 0.1) is 0 Å². The molecule has 0 bridgehead atoms. The summed E-state index contributed by atoms with van der Waals surface area (Å²) in [5.41, 5.74) is 3.02. The van der Waals surface area contributed by atoms with Crippen LogP contribution in [0.1, 0.15) is 11.1 Å². The molecule has 0 unspecified atom stereocenters. The summed E-state index contributed by atoms with van der Waals surface area (Å²) in [5.74, 6) is 0.439. The highest BCUT2D eigenvalue weighted by Crippen LogP contribution is 2.28. The van der Waals surface area contributed by atoms with Crippen LogP contribution in [-0.4, -0.2) is 30.1 Å². The van der Waals surface area contributed by atoms with Gasteiger partial charge in [-0.15, -0.1) is 0 Å². The van der Waals surface area contributed by atoms with Crippen LogP contribution in [0.15, 0.2) is 79.1 Å². The Kier molecular flexibility index (Phi) is 6.23. The molecule has 1 fully saturated rings. The summed E-state index contributed by atoms with van der Waals surface area (Å²) in [4.78, 5) is 29.8. The molecule has 31 heavy (non-hydrogen) atoms. The van der Waals surface area contributed by atoms with Crippen LogP contribution in [0.5, 0.6) is 5.75 Å². The molecule has 1 N–H and O–H groups in total. The molecule has 2 amide bonds. The van der Waals surface area contributed by atoms with Crippen molar-refractivity contribution < 1.29 is 19.1 Å². The van der Waals surface area contributed by atoms with Crippen LogP contribution in [0.4, 0.5) is 16.2 Å². The number of hydrogen-bond donors (Lipinski definition) is 1. The van der Waals surface area contributed by atoms with Crippen molar-refractivity contribution in [3.05, 3.63) is 90.3 Å². The number of pyridine rings is 1. The number of nitrogens with one attached hydrogen (secondary N) is 1. The van der Waals surface area contributed by atoms with Gasteiger partial charge >= 0.3 is 6.09 Å². The minimum Gasteiger partial charge on any atom is -0.489 e. The number of hydrogen-bond acceptors (Lipinski definition) is 5. The van der Waals surface area contributed by atoms with Crippen molar-refractivity contribution in [1.29, 1.82) is 0 Å². The normalized spacial score (nSPS) is 13.3. The first kappa shape index (κ1) is 20.2. The van der Waals surface area contributed by atoms with Crippen molar-refractivity contribution in [3.63, 3.8) is 0 Å². The fourth-order valence-electron chi connectivity index (χ4n) is 3.10. The van der Waals surface area contributed by atoms with Gasteiger partial charge in [0, 0.05) is 24.0 Å². The predicted octanol–water partition coefficient (Wildman–Crippen LogP) is 4.27. The van der Waals surface area contributed by atoms with Crippen LogP contribution >= 0.6 is 0 Å². The van der Waals surface area contributed by atoms with Crippen molar-refractivity contribution >= 4 is 29.5 Å². The minimum atomic E-state index is -0.414. The summed E-state index contributed by atoms with van der Waals surface area (Å²) in [6.45, 7) is 1.23. The molecule has 0 radical (unpaired) electrons. The Hall–Kier alpha value is -4.13. The van der Waals surface area contributed by atoms with E-state index in [0.29, 0.717) is 31.1 Å². The van der Waals surface area contributed by atoms with Crippen molar-refractivity contribution in [1.82, 2.24) is 4.98 Å². The molecule has 3 aromatic rings. The molecule has 0 atom stereocenters. The zero-order valence-electron chi connectivity index (χ0n) is 16.7. The molecule has 2 heterocycles. The third-order valence-corrected chi connectivity index (χ3v) is 4.65. The van der Waals surface area contributed by atoms with Gasteiger partial charge in [0.2, 0.25) is 5.91 Å². The van der Waals surface area contributed by atoms with E-state index < -0.39 is 6.09 Å². The van der Waals surface area contributed by atoms with E-state index >= 15 is 0 Å². The Bertz CT molecular complexity index is 1080. The highest BCUT2D eigenvalue weighted by atomic mass is 16.6. The van der Waals surface area contributed by atoms with Gasteiger partial charge in [0.15, 0.2) is 0 Å². The van der Waals surface area contributed by atoms with Crippen molar-refractivity contribution in [2.24, 2.45) is 0 Å². The summed E-state index contributed by atoms with van der Waals surface area (Å²) in [5, 5.41) is 2.82. The van der Waals surface area contributed by atoms with Gasteiger partial charge in [-0.05, 0) is 42.0 Å². The lowest BCUT2D eigenvalue weighted by atomic mass is 10.2. The molecule has 1 saturated heterocycles. The van der Waals surface area contributed by atoms with Crippen LogP contribution in [0.2, 0.25) is 0 Å². The molecular formula is C24H21N3O4. The summed E-state index contributed by atoms with van der Waals surface area (Å²) >= 11 is 0. The first-order valence-electron chi connectivity index (χ1n) is 9.83. The van der Waals surface area contributed by atoms with Gasteiger partial charge in [-0.3, -0.25) is 14.7 Å². The maximum absolute atomic E-state index is 12.4. The topological polar surface area (TPSA) is 80.8 Å². The zero-order chi connectivity index (χ0) is 21.5. The average molecular weight is 415 g/mol. The average Bonchev–Trinajstić information content (AvgIpc) is 3.24. The number of nitrogens with zero attached hydrogens (tertiary/aromatic N) is 2. The number of carbonyl (C=O) groups is 2. The second-order valence-corrected chi connectivity index (χ2v) is 6.82. The molecule has 4 rings (SSSR count). The fraction of sp³-hybridized carbons (Fsp3) is 0.125. The van der Waals surface area contributed by atoms with E-state index in [-0.39, 0.29) is 5.91 Å². The van der Waals surface area contributed by atoms with E-state index in [2.05, 4.69) is 10.3 Å². The van der Waals surface area contributed by atoms with E-state index in [4.69, 9.17) is 9.47 Å². The summed E-state index contributed by atoms with van der Waals surface area (Å²) in [6.07, 6.45) is 6.24. The third kappa shape index (κ3) is 5.27. The van der Waals surface area contributed by atoms with Gasteiger partial charge in [-0.1, -0.05) is 30.3 Å². The molecule has 0 spiro atoms. The number of cyclic esters (lactones) is 1. The Morgan fingerprint density at radius 1 is 1.13 bits per heavy atom. The number of carbonyl (C=O) groups excluding carboxylic acids is 2. The first-order valence-corrected chi connectivity index (χ1v) is 9.83. The van der Waals surface area contributed by atoms with E-state index in [9.17, 15) is 9.59 Å². The van der Waals surface area contributed by atoms with E-state index in [0.717, 1.165) is 16.9 Å². The maximum Gasteiger partial charge on any atom is 0.414 e. The van der Waals surface area contributed by atoms with E-state index in [1.165, 1.54) is 11.0 Å². The number of ether oxygens (including phenoxy) is 2. The molecule has 0 saturated carbocycles. The summed E-state index contributed by atoms with van der Waals surface area (Å²) in [6, 6.07) is 18.4. The Morgan fingerprint density at radius 2 is 1.97 bits per heavy atom. The second kappa shape index (κ2) is 9.58. The number of aromatic nitrogens is 1. The first-order chi connectivity index (χ1) is 15.2. The van der Waals surface area contributed by atoms with Gasteiger partial charge in [0.05, 0.1) is 17.9 Å². The number of para-hydroxylation sites is 2. The molecule has 1 aromatic heterocycles. The largest absolute Gasteiger partial charge is 0.489 e. The molecule has 2 aromatic carbocycles. The van der Waals surface area contributed by atoms with Gasteiger partial charge in [-0.25, -0.2) is 4.79 Å².